The quantitative estimate of drug-likeness (QED) is 0.454. The second-order valence-electron chi connectivity index (χ2n) is 5.43. The molecule has 1 aliphatic heterocycles. The number of carbonyl (C=O) groups is 3. The Balaban J connectivity index is 1.67. The summed E-state index contributed by atoms with van der Waals surface area (Å²) in [4.78, 5) is 51.4. The number of hydrogen-bond donors (Lipinski definition) is 2. The topological polar surface area (TPSA) is 135 Å². The highest BCUT2D eigenvalue weighted by Gasteiger charge is 2.39. The fourth-order valence-corrected chi connectivity index (χ4v) is 2.47. The number of non-ortho nitro benzene ring substituents is 1. The lowest BCUT2D eigenvalue weighted by Crippen LogP contribution is -2.48. The van der Waals surface area contributed by atoms with Crippen molar-refractivity contribution in [3.05, 3.63) is 64.5 Å². The molecular formula is C16H13N5O5. The van der Waals surface area contributed by atoms with Gasteiger partial charge in [0.25, 0.3) is 17.5 Å². The molecule has 0 saturated carbocycles. The molecule has 1 saturated heterocycles. The first-order chi connectivity index (χ1) is 12.5. The third-order valence-corrected chi connectivity index (χ3v) is 3.77. The van der Waals surface area contributed by atoms with Crippen LogP contribution in [0.2, 0.25) is 0 Å². The highest BCUT2D eigenvalue weighted by atomic mass is 16.6. The van der Waals surface area contributed by atoms with Gasteiger partial charge < -0.3 is 0 Å². The standard InChI is InChI=1S/C16H13N5O5/c22-14-9-13(18-19-15(23)10-5-7-17-8-6-10)16(24)20(14)11-1-3-12(4-2-11)21(25)26/h1-8,13,18H,9H2,(H,19,23)/t13-/m1/s1. The summed E-state index contributed by atoms with van der Waals surface area (Å²) in [6.45, 7) is 0. The zero-order valence-electron chi connectivity index (χ0n) is 13.3. The average molecular weight is 355 g/mol. The fourth-order valence-electron chi connectivity index (χ4n) is 2.47. The van der Waals surface area contributed by atoms with Crippen LogP contribution in [0.15, 0.2) is 48.8 Å². The molecule has 0 bridgehead atoms. The van der Waals surface area contributed by atoms with Gasteiger partial charge in [0, 0.05) is 30.1 Å². The van der Waals surface area contributed by atoms with Gasteiger partial charge in [0.1, 0.15) is 6.04 Å². The van der Waals surface area contributed by atoms with Crippen molar-refractivity contribution in [2.75, 3.05) is 4.90 Å². The van der Waals surface area contributed by atoms with Crippen LogP contribution in [0.3, 0.4) is 0 Å². The number of hydrogen-bond acceptors (Lipinski definition) is 7. The van der Waals surface area contributed by atoms with E-state index in [9.17, 15) is 24.5 Å². The van der Waals surface area contributed by atoms with E-state index in [1.165, 1.54) is 48.8 Å². The minimum Gasteiger partial charge on any atom is -0.287 e. The van der Waals surface area contributed by atoms with E-state index in [1.54, 1.807) is 0 Å². The molecule has 10 nitrogen and oxygen atoms in total. The lowest BCUT2D eigenvalue weighted by atomic mass is 10.2. The Morgan fingerprint density at radius 2 is 1.81 bits per heavy atom. The zero-order chi connectivity index (χ0) is 18.7. The first-order valence-corrected chi connectivity index (χ1v) is 7.54. The first kappa shape index (κ1) is 17.2. The van der Waals surface area contributed by atoms with Crippen molar-refractivity contribution in [3.63, 3.8) is 0 Å². The summed E-state index contributed by atoms with van der Waals surface area (Å²) in [6.07, 6.45) is 2.76. The number of pyridine rings is 1. The maximum atomic E-state index is 12.4. The Kier molecular flexibility index (Phi) is 4.67. The Morgan fingerprint density at radius 3 is 2.42 bits per heavy atom. The van der Waals surface area contributed by atoms with Gasteiger partial charge in [0.2, 0.25) is 5.91 Å². The van der Waals surface area contributed by atoms with E-state index in [0.717, 1.165) is 4.90 Å². The molecule has 2 heterocycles. The third kappa shape index (κ3) is 3.39. The number of nitro groups is 1. The van der Waals surface area contributed by atoms with Crippen LogP contribution >= 0.6 is 0 Å². The summed E-state index contributed by atoms with van der Waals surface area (Å²) in [5, 5.41) is 10.7. The Morgan fingerprint density at radius 1 is 1.15 bits per heavy atom. The van der Waals surface area contributed by atoms with Crippen molar-refractivity contribution in [3.8, 4) is 0 Å². The van der Waals surface area contributed by atoms with E-state index in [4.69, 9.17) is 0 Å². The Labute approximate surface area is 146 Å². The molecule has 2 N–H and O–H groups in total. The number of nitrogens with zero attached hydrogens (tertiary/aromatic N) is 3. The highest BCUT2D eigenvalue weighted by molar-refractivity contribution is 6.22. The van der Waals surface area contributed by atoms with Crippen LogP contribution in [0.25, 0.3) is 0 Å². The van der Waals surface area contributed by atoms with E-state index in [0.29, 0.717) is 5.56 Å². The number of hydrazine groups is 1. The van der Waals surface area contributed by atoms with Gasteiger partial charge in [-0.1, -0.05) is 0 Å². The summed E-state index contributed by atoms with van der Waals surface area (Å²) in [7, 11) is 0. The summed E-state index contributed by atoms with van der Waals surface area (Å²) >= 11 is 0. The molecule has 0 unspecified atom stereocenters. The molecular weight excluding hydrogens is 342 g/mol. The van der Waals surface area contributed by atoms with Crippen molar-refractivity contribution in [2.24, 2.45) is 0 Å². The van der Waals surface area contributed by atoms with Crippen LogP contribution < -0.4 is 15.8 Å². The van der Waals surface area contributed by atoms with Gasteiger partial charge in [-0.2, -0.15) is 0 Å². The van der Waals surface area contributed by atoms with Crippen molar-refractivity contribution in [2.45, 2.75) is 12.5 Å². The number of carbonyl (C=O) groups excluding carboxylic acids is 3. The number of nitrogens with one attached hydrogen (secondary N) is 2. The number of nitro benzene ring substituents is 1. The smallest absolute Gasteiger partial charge is 0.269 e. The molecule has 1 atom stereocenters. The van der Waals surface area contributed by atoms with Crippen LogP contribution in [-0.2, 0) is 9.59 Å². The van der Waals surface area contributed by atoms with Crippen LogP contribution in [0.4, 0.5) is 11.4 Å². The maximum absolute atomic E-state index is 12.4. The van der Waals surface area contributed by atoms with E-state index in [2.05, 4.69) is 15.8 Å². The summed E-state index contributed by atoms with van der Waals surface area (Å²) in [6, 6.07) is 7.15. The van der Waals surface area contributed by atoms with Crippen molar-refractivity contribution >= 4 is 29.1 Å². The molecule has 0 spiro atoms. The average Bonchev–Trinajstić information content (AvgIpc) is 2.94. The Hall–Kier alpha value is -3.66. The summed E-state index contributed by atoms with van der Waals surface area (Å²) < 4.78 is 0. The van der Waals surface area contributed by atoms with E-state index in [-0.39, 0.29) is 17.8 Å². The van der Waals surface area contributed by atoms with Gasteiger partial charge in [-0.05, 0) is 24.3 Å². The Bertz CT molecular complexity index is 868. The molecule has 10 heteroatoms. The number of aromatic nitrogens is 1. The van der Waals surface area contributed by atoms with Gasteiger partial charge in [0.05, 0.1) is 17.0 Å². The first-order valence-electron chi connectivity index (χ1n) is 7.54. The number of rotatable bonds is 5. The minimum atomic E-state index is -0.927. The molecule has 26 heavy (non-hydrogen) atoms. The van der Waals surface area contributed by atoms with Crippen LogP contribution in [0.5, 0.6) is 0 Å². The number of amides is 3. The van der Waals surface area contributed by atoms with Crippen molar-refractivity contribution in [1.29, 1.82) is 0 Å². The lowest BCUT2D eigenvalue weighted by Gasteiger charge is -2.15. The summed E-state index contributed by atoms with van der Waals surface area (Å²) in [5.41, 5.74) is 5.36. The highest BCUT2D eigenvalue weighted by Crippen LogP contribution is 2.24. The largest absolute Gasteiger partial charge is 0.287 e. The van der Waals surface area contributed by atoms with Gasteiger partial charge in [-0.3, -0.25) is 34.9 Å². The van der Waals surface area contributed by atoms with Gasteiger partial charge in [0.15, 0.2) is 0 Å². The number of benzene rings is 1. The minimum absolute atomic E-state index is 0.146. The molecule has 3 rings (SSSR count). The van der Waals surface area contributed by atoms with Crippen molar-refractivity contribution in [1.82, 2.24) is 15.8 Å². The van der Waals surface area contributed by atoms with Crippen LogP contribution in [0, 0.1) is 10.1 Å². The SMILES string of the molecule is O=C(NN[C@@H]1CC(=O)N(c2ccc([N+](=O)[O-])cc2)C1=O)c1ccncc1. The van der Waals surface area contributed by atoms with Crippen LogP contribution in [0.1, 0.15) is 16.8 Å². The molecule has 0 aliphatic carbocycles. The molecule has 0 radical (unpaired) electrons. The second kappa shape index (κ2) is 7.07. The molecule has 1 fully saturated rings. The third-order valence-electron chi connectivity index (χ3n) is 3.77. The predicted octanol–water partition coefficient (Wildman–Crippen LogP) is 0.556. The van der Waals surface area contributed by atoms with Gasteiger partial charge in [-0.15, -0.1) is 0 Å². The molecule has 1 aliphatic rings. The fraction of sp³-hybridized carbons (Fsp3) is 0.125. The second-order valence-corrected chi connectivity index (χ2v) is 5.43. The molecule has 2 aromatic rings. The van der Waals surface area contributed by atoms with Gasteiger partial charge in [-0.25, -0.2) is 10.3 Å². The van der Waals surface area contributed by atoms with E-state index >= 15 is 0 Å². The van der Waals surface area contributed by atoms with E-state index < -0.39 is 28.7 Å². The zero-order valence-corrected chi connectivity index (χ0v) is 13.3. The molecule has 132 valence electrons. The maximum Gasteiger partial charge on any atom is 0.269 e. The molecule has 3 amide bonds. The number of imide groups is 1. The number of anilines is 1. The normalized spacial score (nSPS) is 16.6. The molecule has 1 aromatic carbocycles. The molecule has 1 aromatic heterocycles. The van der Waals surface area contributed by atoms with E-state index in [1.807, 2.05) is 0 Å². The monoisotopic (exact) mass is 355 g/mol. The van der Waals surface area contributed by atoms with Crippen molar-refractivity contribution < 1.29 is 19.3 Å². The predicted molar refractivity (Wildman–Crippen MR) is 88.8 cm³/mol. The van der Waals surface area contributed by atoms with Gasteiger partial charge >= 0.3 is 0 Å². The lowest BCUT2D eigenvalue weighted by molar-refractivity contribution is -0.384. The van der Waals surface area contributed by atoms with Crippen LogP contribution in [-0.4, -0.2) is 33.7 Å². The summed E-state index contributed by atoms with van der Waals surface area (Å²) in [5.74, 6) is -1.50.